The Bertz CT molecular complexity index is 1270. The first kappa shape index (κ1) is 23.1. The van der Waals surface area contributed by atoms with Crippen LogP contribution in [0.2, 0.25) is 0 Å². The fourth-order valence-corrected chi connectivity index (χ4v) is 4.09. The number of anilines is 1. The van der Waals surface area contributed by atoms with Crippen LogP contribution in [0.5, 0.6) is 5.75 Å². The molecule has 0 aliphatic rings. The molecule has 164 valence electrons. The van der Waals surface area contributed by atoms with Crippen molar-refractivity contribution in [2.45, 2.75) is 25.6 Å². The minimum Gasteiger partial charge on any atom is -0.489 e. The highest BCUT2D eigenvalue weighted by molar-refractivity contribution is 7.91. The summed E-state index contributed by atoms with van der Waals surface area (Å²) >= 11 is 0.735. The van der Waals surface area contributed by atoms with Crippen molar-refractivity contribution >= 4 is 38.5 Å². The molecule has 1 N–H and O–H groups in total. The standard InChI is InChI=1S/C22H20N4O4S2/c1-3-32(28,29)22-25-21(31-26-22)24-20(27)18(13-23)12-16-8-10-19(11-9-16)30-14-17-6-4-15(2)5-7-17/h4-12H,3,14H2,1-2H3,(H,24,25,26,27). The Morgan fingerprint density at radius 2 is 1.88 bits per heavy atom. The first-order valence-corrected chi connectivity index (χ1v) is 12.0. The fourth-order valence-electron chi connectivity index (χ4n) is 2.51. The summed E-state index contributed by atoms with van der Waals surface area (Å²) in [4.78, 5) is 16.2. The summed E-state index contributed by atoms with van der Waals surface area (Å²) in [6.45, 7) is 3.93. The molecule has 0 unspecified atom stereocenters. The van der Waals surface area contributed by atoms with E-state index in [9.17, 15) is 18.5 Å². The maximum absolute atomic E-state index is 12.4. The number of nitrogens with one attached hydrogen (secondary N) is 1. The Morgan fingerprint density at radius 1 is 1.19 bits per heavy atom. The lowest BCUT2D eigenvalue weighted by Crippen LogP contribution is -2.13. The van der Waals surface area contributed by atoms with Crippen LogP contribution in [-0.2, 0) is 21.2 Å². The molecule has 1 heterocycles. The summed E-state index contributed by atoms with van der Waals surface area (Å²) in [5.74, 6) is -0.196. The van der Waals surface area contributed by atoms with Crippen molar-refractivity contribution in [3.63, 3.8) is 0 Å². The van der Waals surface area contributed by atoms with Crippen LogP contribution in [0.15, 0.2) is 59.3 Å². The highest BCUT2D eigenvalue weighted by atomic mass is 32.2. The molecule has 0 bridgehead atoms. The maximum atomic E-state index is 12.4. The first-order chi connectivity index (χ1) is 15.3. The topological polar surface area (TPSA) is 122 Å². The molecule has 1 aromatic heterocycles. The number of rotatable bonds is 8. The normalized spacial score (nSPS) is 11.6. The van der Waals surface area contributed by atoms with Gasteiger partial charge in [0.1, 0.15) is 24.0 Å². The van der Waals surface area contributed by atoms with Gasteiger partial charge in [0.2, 0.25) is 15.0 Å². The van der Waals surface area contributed by atoms with Crippen LogP contribution in [-0.4, -0.2) is 29.4 Å². The van der Waals surface area contributed by atoms with E-state index in [1.54, 1.807) is 24.3 Å². The third-order valence-corrected chi connectivity index (χ3v) is 6.61. The fraction of sp³-hybridized carbons (Fsp3) is 0.182. The Kier molecular flexibility index (Phi) is 7.35. The predicted molar refractivity (Wildman–Crippen MR) is 122 cm³/mol. The molecule has 8 nitrogen and oxygen atoms in total. The van der Waals surface area contributed by atoms with Crippen molar-refractivity contribution in [1.29, 1.82) is 5.26 Å². The van der Waals surface area contributed by atoms with Gasteiger partial charge >= 0.3 is 0 Å². The monoisotopic (exact) mass is 468 g/mol. The minimum absolute atomic E-state index is 0.00280. The molecule has 0 fully saturated rings. The average Bonchev–Trinajstić information content (AvgIpc) is 3.27. The van der Waals surface area contributed by atoms with Gasteiger partial charge < -0.3 is 4.74 Å². The number of benzene rings is 2. The van der Waals surface area contributed by atoms with Crippen LogP contribution in [0.1, 0.15) is 23.6 Å². The number of hydrogen-bond donors (Lipinski definition) is 1. The zero-order chi connectivity index (χ0) is 23.1. The zero-order valence-electron chi connectivity index (χ0n) is 17.4. The predicted octanol–water partition coefficient (Wildman–Crippen LogP) is 3.76. The van der Waals surface area contributed by atoms with E-state index in [0.29, 0.717) is 17.9 Å². The second-order valence-electron chi connectivity index (χ2n) is 6.75. The Hall–Kier alpha value is -3.55. The van der Waals surface area contributed by atoms with E-state index in [2.05, 4.69) is 14.7 Å². The van der Waals surface area contributed by atoms with E-state index < -0.39 is 15.7 Å². The van der Waals surface area contributed by atoms with E-state index in [1.165, 1.54) is 18.6 Å². The minimum atomic E-state index is -3.57. The third-order valence-electron chi connectivity index (χ3n) is 4.37. The summed E-state index contributed by atoms with van der Waals surface area (Å²) in [6, 6.07) is 16.8. The number of aryl methyl sites for hydroxylation is 1. The molecule has 0 atom stereocenters. The zero-order valence-corrected chi connectivity index (χ0v) is 19.0. The molecule has 0 saturated heterocycles. The molecule has 2 aromatic carbocycles. The van der Waals surface area contributed by atoms with Gasteiger partial charge in [-0.05, 0) is 36.3 Å². The van der Waals surface area contributed by atoms with Crippen molar-refractivity contribution in [3.05, 3.63) is 70.8 Å². The Labute approximate surface area is 190 Å². The van der Waals surface area contributed by atoms with Crippen LogP contribution in [0, 0.1) is 18.3 Å². The van der Waals surface area contributed by atoms with Crippen LogP contribution in [0.4, 0.5) is 5.13 Å². The molecule has 0 radical (unpaired) electrons. The number of carbonyl (C=O) groups excluding carboxylic acids is 1. The molecule has 3 rings (SSSR count). The number of ether oxygens (including phenoxy) is 1. The number of aromatic nitrogens is 2. The molecular formula is C22H20N4O4S2. The smallest absolute Gasteiger partial charge is 0.268 e. The third kappa shape index (κ3) is 6.00. The number of nitriles is 1. The molecule has 32 heavy (non-hydrogen) atoms. The number of carbonyl (C=O) groups is 1. The largest absolute Gasteiger partial charge is 0.489 e. The van der Waals surface area contributed by atoms with Gasteiger partial charge in [-0.25, -0.2) is 8.42 Å². The summed E-state index contributed by atoms with van der Waals surface area (Å²) < 4.78 is 33.1. The van der Waals surface area contributed by atoms with Crippen LogP contribution in [0.3, 0.4) is 0 Å². The average molecular weight is 469 g/mol. The lowest BCUT2D eigenvalue weighted by Gasteiger charge is -2.07. The molecule has 0 spiro atoms. The van der Waals surface area contributed by atoms with Gasteiger partial charge in [0.15, 0.2) is 0 Å². The van der Waals surface area contributed by atoms with Crippen molar-refractivity contribution in [2.75, 3.05) is 11.1 Å². The number of sulfone groups is 1. The van der Waals surface area contributed by atoms with Crippen molar-refractivity contribution < 1.29 is 17.9 Å². The number of hydrogen-bond acceptors (Lipinski definition) is 8. The van der Waals surface area contributed by atoms with E-state index >= 15 is 0 Å². The van der Waals surface area contributed by atoms with Crippen LogP contribution >= 0.6 is 11.5 Å². The van der Waals surface area contributed by atoms with Crippen molar-refractivity contribution in [3.8, 4) is 11.8 Å². The molecule has 0 aliphatic carbocycles. The van der Waals surface area contributed by atoms with Crippen LogP contribution in [0.25, 0.3) is 6.08 Å². The van der Waals surface area contributed by atoms with Gasteiger partial charge in [-0.3, -0.25) is 10.1 Å². The van der Waals surface area contributed by atoms with Crippen LogP contribution < -0.4 is 10.1 Å². The van der Waals surface area contributed by atoms with Gasteiger partial charge in [0, 0.05) is 11.5 Å². The highest BCUT2D eigenvalue weighted by Crippen LogP contribution is 2.19. The quantitative estimate of drug-likeness (QED) is 0.394. The molecule has 10 heteroatoms. The summed E-state index contributed by atoms with van der Waals surface area (Å²) in [5, 5.41) is 11.4. The van der Waals surface area contributed by atoms with Gasteiger partial charge in [0.05, 0.1) is 5.75 Å². The van der Waals surface area contributed by atoms with Crippen molar-refractivity contribution in [1.82, 2.24) is 9.36 Å². The Morgan fingerprint density at radius 3 is 2.50 bits per heavy atom. The number of amides is 1. The molecule has 0 saturated carbocycles. The lowest BCUT2D eigenvalue weighted by molar-refractivity contribution is -0.112. The summed E-state index contributed by atoms with van der Waals surface area (Å²) in [7, 11) is -3.57. The van der Waals surface area contributed by atoms with E-state index in [-0.39, 0.29) is 21.6 Å². The SMILES string of the molecule is CCS(=O)(=O)c1nsc(NC(=O)C(C#N)=Cc2ccc(OCc3ccc(C)cc3)cc2)n1. The van der Waals surface area contributed by atoms with E-state index in [0.717, 1.165) is 17.1 Å². The second kappa shape index (κ2) is 10.2. The summed E-state index contributed by atoms with van der Waals surface area (Å²) in [5.41, 5.74) is 2.70. The maximum Gasteiger partial charge on any atom is 0.268 e. The van der Waals surface area contributed by atoms with Crippen molar-refractivity contribution in [2.24, 2.45) is 0 Å². The summed E-state index contributed by atoms with van der Waals surface area (Å²) in [6.07, 6.45) is 1.42. The lowest BCUT2D eigenvalue weighted by atomic mass is 10.1. The van der Waals surface area contributed by atoms with E-state index in [4.69, 9.17) is 4.74 Å². The second-order valence-corrected chi connectivity index (χ2v) is 9.68. The van der Waals surface area contributed by atoms with Gasteiger partial charge in [-0.1, -0.05) is 48.9 Å². The molecule has 1 amide bonds. The van der Waals surface area contributed by atoms with Gasteiger partial charge in [0.25, 0.3) is 11.1 Å². The van der Waals surface area contributed by atoms with Gasteiger partial charge in [-0.15, -0.1) is 0 Å². The molecular weight excluding hydrogens is 448 g/mol. The highest BCUT2D eigenvalue weighted by Gasteiger charge is 2.20. The number of nitrogens with zero attached hydrogens (tertiary/aromatic N) is 3. The Balaban J connectivity index is 1.64. The van der Waals surface area contributed by atoms with Gasteiger partial charge in [-0.2, -0.15) is 14.6 Å². The van der Waals surface area contributed by atoms with E-state index in [1.807, 2.05) is 37.3 Å². The molecule has 0 aliphatic heterocycles. The molecule has 3 aromatic rings. The first-order valence-electron chi connectivity index (χ1n) is 9.58.